The van der Waals surface area contributed by atoms with Crippen LogP contribution in [0.3, 0.4) is 0 Å². The first-order chi connectivity index (χ1) is 7.56. The molecule has 0 saturated carbocycles. The summed E-state index contributed by atoms with van der Waals surface area (Å²) in [6.07, 6.45) is 11.7. The fraction of sp³-hybridized carbons (Fsp3) is 0.733. The van der Waals surface area contributed by atoms with Crippen molar-refractivity contribution in [2.24, 2.45) is 5.41 Å². The smallest absolute Gasteiger partial charge is 0.0436 e. The molecule has 0 fully saturated rings. The molecule has 16 heavy (non-hydrogen) atoms. The van der Waals surface area contributed by atoms with Crippen molar-refractivity contribution in [3.63, 3.8) is 0 Å². The predicted octanol–water partition coefficient (Wildman–Crippen LogP) is 4.23. The molecule has 1 atom stereocenters. The molecule has 1 nitrogen and oxygen atoms in total. The van der Waals surface area contributed by atoms with Crippen molar-refractivity contribution >= 4 is 0 Å². The number of hydrogen-bond donors (Lipinski definition) is 1. The summed E-state index contributed by atoms with van der Waals surface area (Å²) in [6.45, 7) is 6.96. The third-order valence-corrected chi connectivity index (χ3v) is 3.57. The number of hydrogen-bond acceptors (Lipinski definition) is 1. The summed E-state index contributed by atoms with van der Waals surface area (Å²) >= 11 is 0. The molecule has 0 radical (unpaired) electrons. The maximum absolute atomic E-state index is 9.09. The highest BCUT2D eigenvalue weighted by Gasteiger charge is 2.26. The lowest BCUT2D eigenvalue weighted by molar-refractivity contribution is 0.179. The van der Waals surface area contributed by atoms with Gasteiger partial charge in [-0.2, -0.15) is 0 Å². The summed E-state index contributed by atoms with van der Waals surface area (Å²) in [5, 5.41) is 9.09. The first-order valence-corrected chi connectivity index (χ1v) is 6.48. The van der Waals surface area contributed by atoms with Crippen molar-refractivity contribution in [1.29, 1.82) is 0 Å². The minimum absolute atomic E-state index is 0.331. The van der Waals surface area contributed by atoms with Crippen molar-refractivity contribution < 1.29 is 5.11 Å². The highest BCUT2D eigenvalue weighted by Crippen LogP contribution is 2.39. The molecule has 1 rings (SSSR count). The van der Waals surface area contributed by atoms with Crippen LogP contribution in [0.5, 0.6) is 0 Å². The molecule has 0 heterocycles. The van der Waals surface area contributed by atoms with Crippen molar-refractivity contribution in [3.8, 4) is 0 Å². The number of aliphatic hydroxyl groups excluding tert-OH is 1. The zero-order chi connectivity index (χ0) is 12.0. The Bertz CT molecular complexity index is 271. The van der Waals surface area contributed by atoms with E-state index < -0.39 is 0 Å². The molecule has 1 aliphatic rings. The molecule has 0 aromatic carbocycles. The van der Waals surface area contributed by atoms with E-state index in [0.29, 0.717) is 12.0 Å². The first kappa shape index (κ1) is 13.5. The van der Waals surface area contributed by atoms with Crippen LogP contribution >= 0.6 is 0 Å². The average molecular weight is 222 g/mol. The molecule has 0 saturated heterocycles. The SMILES string of the molecule is CC(C)=CCCC1=CCCC(C)(CCO)C1. The molecule has 1 unspecified atom stereocenters. The summed E-state index contributed by atoms with van der Waals surface area (Å²) in [7, 11) is 0. The molecule has 1 N–H and O–H groups in total. The Hall–Kier alpha value is -0.560. The molecule has 92 valence electrons. The predicted molar refractivity (Wildman–Crippen MR) is 70.4 cm³/mol. The Morgan fingerprint density at radius 2 is 2.25 bits per heavy atom. The second kappa shape index (κ2) is 6.24. The van der Waals surface area contributed by atoms with Crippen LogP contribution in [-0.4, -0.2) is 11.7 Å². The Kier molecular flexibility index (Phi) is 5.27. The summed E-state index contributed by atoms with van der Waals surface area (Å²) in [5.41, 5.74) is 3.36. The normalized spacial score (nSPS) is 25.1. The van der Waals surface area contributed by atoms with E-state index in [2.05, 4.69) is 32.9 Å². The molecule has 0 spiro atoms. The zero-order valence-corrected chi connectivity index (χ0v) is 11.1. The first-order valence-electron chi connectivity index (χ1n) is 6.48. The largest absolute Gasteiger partial charge is 0.396 e. The topological polar surface area (TPSA) is 20.2 Å². The van der Waals surface area contributed by atoms with Gasteiger partial charge in [-0.05, 0) is 57.8 Å². The van der Waals surface area contributed by atoms with E-state index in [-0.39, 0.29) is 0 Å². The van der Waals surface area contributed by atoms with Crippen LogP contribution in [-0.2, 0) is 0 Å². The van der Waals surface area contributed by atoms with Gasteiger partial charge in [-0.1, -0.05) is 30.2 Å². The van der Waals surface area contributed by atoms with Gasteiger partial charge in [-0.15, -0.1) is 0 Å². The van der Waals surface area contributed by atoms with Gasteiger partial charge in [0.2, 0.25) is 0 Å². The lowest BCUT2D eigenvalue weighted by Gasteiger charge is -2.33. The van der Waals surface area contributed by atoms with E-state index in [0.717, 1.165) is 6.42 Å². The zero-order valence-electron chi connectivity index (χ0n) is 11.1. The lowest BCUT2D eigenvalue weighted by atomic mass is 9.73. The highest BCUT2D eigenvalue weighted by atomic mass is 16.3. The fourth-order valence-electron chi connectivity index (χ4n) is 2.55. The summed E-state index contributed by atoms with van der Waals surface area (Å²) in [5.74, 6) is 0. The number of rotatable bonds is 5. The quantitative estimate of drug-likeness (QED) is 0.690. The molecular formula is C15H26O. The van der Waals surface area contributed by atoms with Crippen LogP contribution in [0.25, 0.3) is 0 Å². The molecule has 0 aromatic heterocycles. The van der Waals surface area contributed by atoms with E-state index >= 15 is 0 Å². The Morgan fingerprint density at radius 3 is 2.88 bits per heavy atom. The Labute approximate surface area is 100 Å². The maximum atomic E-state index is 9.09. The van der Waals surface area contributed by atoms with Crippen molar-refractivity contribution in [2.45, 2.75) is 59.3 Å². The minimum Gasteiger partial charge on any atom is -0.396 e. The fourth-order valence-corrected chi connectivity index (χ4v) is 2.55. The summed E-state index contributed by atoms with van der Waals surface area (Å²) < 4.78 is 0. The molecule has 0 amide bonds. The van der Waals surface area contributed by atoms with Gasteiger partial charge in [0.15, 0.2) is 0 Å². The van der Waals surface area contributed by atoms with Crippen LogP contribution in [0.2, 0.25) is 0 Å². The molecule has 0 bridgehead atoms. The number of allylic oxidation sites excluding steroid dienone is 4. The van der Waals surface area contributed by atoms with Crippen molar-refractivity contribution in [3.05, 3.63) is 23.3 Å². The molecule has 1 heteroatoms. The lowest BCUT2D eigenvalue weighted by Crippen LogP contribution is -2.21. The second-order valence-corrected chi connectivity index (χ2v) is 5.68. The monoisotopic (exact) mass is 222 g/mol. The van der Waals surface area contributed by atoms with E-state index in [4.69, 9.17) is 5.11 Å². The van der Waals surface area contributed by atoms with Gasteiger partial charge in [0.1, 0.15) is 0 Å². The van der Waals surface area contributed by atoms with Crippen LogP contribution < -0.4 is 0 Å². The molecule has 1 aliphatic carbocycles. The van der Waals surface area contributed by atoms with E-state index in [9.17, 15) is 0 Å². The highest BCUT2D eigenvalue weighted by molar-refractivity contribution is 5.11. The Balaban J connectivity index is 2.44. The van der Waals surface area contributed by atoms with Gasteiger partial charge in [-0.25, -0.2) is 0 Å². The van der Waals surface area contributed by atoms with Gasteiger partial charge in [0.25, 0.3) is 0 Å². The van der Waals surface area contributed by atoms with Crippen LogP contribution in [0.4, 0.5) is 0 Å². The maximum Gasteiger partial charge on any atom is 0.0436 e. The van der Waals surface area contributed by atoms with Crippen LogP contribution in [0.15, 0.2) is 23.3 Å². The second-order valence-electron chi connectivity index (χ2n) is 5.68. The van der Waals surface area contributed by atoms with Gasteiger partial charge in [-0.3, -0.25) is 0 Å². The van der Waals surface area contributed by atoms with Gasteiger partial charge in [0, 0.05) is 6.61 Å². The van der Waals surface area contributed by atoms with Gasteiger partial charge < -0.3 is 5.11 Å². The molecule has 0 aliphatic heterocycles. The Morgan fingerprint density at radius 1 is 1.50 bits per heavy atom. The summed E-state index contributed by atoms with van der Waals surface area (Å²) in [6, 6.07) is 0. The van der Waals surface area contributed by atoms with Crippen LogP contribution in [0, 0.1) is 5.41 Å². The molecule has 0 aromatic rings. The average Bonchev–Trinajstić information content (AvgIpc) is 2.17. The third-order valence-electron chi connectivity index (χ3n) is 3.57. The minimum atomic E-state index is 0.331. The van der Waals surface area contributed by atoms with E-state index in [1.807, 2.05) is 0 Å². The molecular weight excluding hydrogens is 196 g/mol. The van der Waals surface area contributed by atoms with Crippen LogP contribution in [0.1, 0.15) is 59.3 Å². The van der Waals surface area contributed by atoms with E-state index in [1.165, 1.54) is 37.7 Å². The number of aliphatic hydroxyl groups is 1. The van der Waals surface area contributed by atoms with Crippen molar-refractivity contribution in [2.75, 3.05) is 6.61 Å². The van der Waals surface area contributed by atoms with E-state index in [1.54, 1.807) is 5.57 Å². The third kappa shape index (κ3) is 4.52. The van der Waals surface area contributed by atoms with Gasteiger partial charge in [0.05, 0.1) is 0 Å². The standard InChI is InChI=1S/C15H26O/c1-13(2)6-4-7-14-8-5-9-15(3,12-14)10-11-16/h6,8,16H,4-5,7,9-12H2,1-3H3. The summed E-state index contributed by atoms with van der Waals surface area (Å²) in [4.78, 5) is 0. The van der Waals surface area contributed by atoms with Gasteiger partial charge >= 0.3 is 0 Å². The van der Waals surface area contributed by atoms with Crippen molar-refractivity contribution in [1.82, 2.24) is 0 Å².